The largest absolute Gasteiger partial charge is 0.463 e. The maximum absolute atomic E-state index is 13.4. The fourth-order valence-corrected chi connectivity index (χ4v) is 4.65. The number of aromatic nitrogens is 1. The molecule has 3 aromatic rings. The summed E-state index contributed by atoms with van der Waals surface area (Å²) in [7, 11) is 0. The molecule has 0 N–H and O–H groups in total. The Morgan fingerprint density at radius 3 is 2.50 bits per heavy atom. The van der Waals surface area contributed by atoms with E-state index in [1.165, 1.54) is 11.3 Å². The molecule has 0 fully saturated rings. The Hall–Kier alpha value is -3.51. The molecule has 0 bridgehead atoms. The van der Waals surface area contributed by atoms with Gasteiger partial charge in [0.2, 0.25) is 0 Å². The van der Waals surface area contributed by atoms with Gasteiger partial charge in [0, 0.05) is 0 Å². The molecule has 1 atom stereocenters. The monoisotopic (exact) mass is 444 g/mol. The van der Waals surface area contributed by atoms with Gasteiger partial charge in [0.1, 0.15) is 0 Å². The molecular formula is C26H24N2O3S. The lowest BCUT2D eigenvalue weighted by atomic mass is 10.0. The quantitative estimate of drug-likeness (QED) is 0.563. The number of carbonyl (C=O) groups is 1. The number of esters is 1. The van der Waals surface area contributed by atoms with Crippen LogP contribution in [-0.2, 0) is 9.53 Å². The van der Waals surface area contributed by atoms with Crippen LogP contribution >= 0.6 is 11.3 Å². The summed E-state index contributed by atoms with van der Waals surface area (Å²) in [4.78, 5) is 31.4. The lowest BCUT2D eigenvalue weighted by molar-refractivity contribution is -0.139. The van der Waals surface area contributed by atoms with Crippen molar-refractivity contribution >= 4 is 29.5 Å². The number of nitrogens with zero attached hydrogens (tertiary/aromatic N) is 2. The van der Waals surface area contributed by atoms with E-state index in [-0.39, 0.29) is 12.2 Å². The minimum absolute atomic E-state index is 0.175. The summed E-state index contributed by atoms with van der Waals surface area (Å²) in [6, 6.07) is 17.2. The Morgan fingerprint density at radius 1 is 1.09 bits per heavy atom. The van der Waals surface area contributed by atoms with E-state index in [2.05, 4.69) is 4.99 Å². The smallest absolute Gasteiger partial charge is 0.338 e. The highest BCUT2D eigenvalue weighted by Gasteiger charge is 2.30. The summed E-state index contributed by atoms with van der Waals surface area (Å²) in [6.07, 6.45) is 5.65. The van der Waals surface area contributed by atoms with E-state index in [4.69, 9.17) is 4.74 Å². The van der Waals surface area contributed by atoms with Crippen LogP contribution in [0.1, 0.15) is 36.6 Å². The SMILES string of the molecule is CCOC(=O)C1=C(C)N=c2s/c(=C\c3ccc(C)cc3)c(=O)n2C1/C=C/c1ccccc1. The third-order valence-corrected chi connectivity index (χ3v) is 6.19. The Labute approximate surface area is 190 Å². The molecule has 5 nitrogen and oxygen atoms in total. The van der Waals surface area contributed by atoms with Crippen molar-refractivity contribution in [3.8, 4) is 0 Å². The molecule has 2 aromatic carbocycles. The molecule has 32 heavy (non-hydrogen) atoms. The average Bonchev–Trinajstić information content (AvgIpc) is 3.09. The maximum atomic E-state index is 13.4. The molecule has 0 saturated heterocycles. The van der Waals surface area contributed by atoms with Gasteiger partial charge in [-0.1, -0.05) is 83.6 Å². The van der Waals surface area contributed by atoms with Crippen molar-refractivity contribution < 1.29 is 9.53 Å². The zero-order valence-corrected chi connectivity index (χ0v) is 19.1. The van der Waals surface area contributed by atoms with Gasteiger partial charge in [-0.2, -0.15) is 0 Å². The molecule has 0 radical (unpaired) electrons. The normalized spacial score (nSPS) is 16.2. The van der Waals surface area contributed by atoms with Crippen molar-refractivity contribution in [2.24, 2.45) is 4.99 Å². The van der Waals surface area contributed by atoms with Gasteiger partial charge in [0.25, 0.3) is 5.56 Å². The van der Waals surface area contributed by atoms with Crippen LogP contribution < -0.4 is 14.9 Å². The van der Waals surface area contributed by atoms with Gasteiger partial charge in [-0.3, -0.25) is 9.36 Å². The Kier molecular flexibility index (Phi) is 6.32. The van der Waals surface area contributed by atoms with E-state index in [1.807, 2.05) is 79.7 Å². The summed E-state index contributed by atoms with van der Waals surface area (Å²) in [5, 5.41) is 0. The summed E-state index contributed by atoms with van der Waals surface area (Å²) in [5.41, 5.74) is 3.85. The van der Waals surface area contributed by atoms with Gasteiger partial charge in [0.15, 0.2) is 4.80 Å². The van der Waals surface area contributed by atoms with Crippen molar-refractivity contribution in [1.29, 1.82) is 0 Å². The topological polar surface area (TPSA) is 60.7 Å². The molecule has 162 valence electrons. The fraction of sp³-hybridized carbons (Fsp3) is 0.192. The molecule has 1 aliphatic heterocycles. The second-order valence-corrected chi connectivity index (χ2v) is 8.53. The van der Waals surface area contributed by atoms with Gasteiger partial charge in [-0.25, -0.2) is 9.79 Å². The first-order valence-corrected chi connectivity index (χ1v) is 11.3. The number of hydrogen-bond acceptors (Lipinski definition) is 5. The van der Waals surface area contributed by atoms with Crippen LogP contribution in [0.25, 0.3) is 12.2 Å². The van der Waals surface area contributed by atoms with Crippen molar-refractivity contribution in [2.75, 3.05) is 6.61 Å². The van der Waals surface area contributed by atoms with Gasteiger partial charge in [-0.05, 0) is 38.0 Å². The van der Waals surface area contributed by atoms with E-state index in [0.717, 1.165) is 16.7 Å². The molecule has 0 aliphatic carbocycles. The summed E-state index contributed by atoms with van der Waals surface area (Å²) >= 11 is 1.33. The first-order valence-electron chi connectivity index (χ1n) is 10.5. The third-order valence-electron chi connectivity index (χ3n) is 5.20. The Bertz CT molecular complexity index is 1380. The van der Waals surface area contributed by atoms with Gasteiger partial charge in [0.05, 0.1) is 28.5 Å². The van der Waals surface area contributed by atoms with Crippen molar-refractivity contribution in [2.45, 2.75) is 26.8 Å². The Balaban J connectivity index is 1.87. The first kappa shape index (κ1) is 21.7. The summed E-state index contributed by atoms with van der Waals surface area (Å²) in [5.74, 6) is -0.454. The predicted molar refractivity (Wildman–Crippen MR) is 128 cm³/mol. The second-order valence-electron chi connectivity index (χ2n) is 7.53. The highest BCUT2D eigenvalue weighted by atomic mass is 32.1. The molecule has 1 unspecified atom stereocenters. The molecule has 6 heteroatoms. The number of carbonyl (C=O) groups excluding carboxylic acids is 1. The van der Waals surface area contributed by atoms with Crippen molar-refractivity contribution in [3.05, 3.63) is 108 Å². The zero-order chi connectivity index (χ0) is 22.7. The number of ether oxygens (including phenoxy) is 1. The van der Waals surface area contributed by atoms with Crippen molar-refractivity contribution in [1.82, 2.24) is 4.57 Å². The van der Waals surface area contributed by atoms with E-state index >= 15 is 0 Å². The molecule has 0 saturated carbocycles. The number of fused-ring (bicyclic) bond motifs is 1. The van der Waals surface area contributed by atoms with E-state index < -0.39 is 12.0 Å². The van der Waals surface area contributed by atoms with Crippen LogP contribution in [-0.4, -0.2) is 17.1 Å². The minimum atomic E-state index is -0.592. The van der Waals surface area contributed by atoms with Crippen LogP contribution in [0.2, 0.25) is 0 Å². The molecule has 4 rings (SSSR count). The molecular weight excluding hydrogens is 420 g/mol. The van der Waals surface area contributed by atoms with Gasteiger partial charge < -0.3 is 4.74 Å². The molecule has 2 heterocycles. The van der Waals surface area contributed by atoms with Crippen LogP contribution in [0.4, 0.5) is 0 Å². The number of allylic oxidation sites excluding steroid dienone is 2. The highest BCUT2D eigenvalue weighted by molar-refractivity contribution is 7.07. The van der Waals surface area contributed by atoms with E-state index in [1.54, 1.807) is 18.4 Å². The number of rotatable bonds is 5. The van der Waals surface area contributed by atoms with E-state index in [9.17, 15) is 9.59 Å². The maximum Gasteiger partial charge on any atom is 0.338 e. The zero-order valence-electron chi connectivity index (χ0n) is 18.2. The van der Waals surface area contributed by atoms with E-state index in [0.29, 0.717) is 20.6 Å². The highest BCUT2D eigenvalue weighted by Crippen LogP contribution is 2.26. The lowest BCUT2D eigenvalue weighted by Gasteiger charge is -2.21. The van der Waals surface area contributed by atoms with Crippen LogP contribution in [0.15, 0.2) is 81.7 Å². The lowest BCUT2D eigenvalue weighted by Crippen LogP contribution is -2.38. The fourth-order valence-electron chi connectivity index (χ4n) is 3.60. The summed E-state index contributed by atoms with van der Waals surface area (Å²) in [6.45, 7) is 5.82. The van der Waals surface area contributed by atoms with Crippen molar-refractivity contribution in [3.63, 3.8) is 0 Å². The van der Waals surface area contributed by atoms with Crippen LogP contribution in [0.5, 0.6) is 0 Å². The van der Waals surface area contributed by atoms with Gasteiger partial charge >= 0.3 is 5.97 Å². The standard InChI is InChI=1S/C26H24N2O3S/c1-4-31-25(30)23-18(3)27-26-28(21(23)15-14-19-8-6-5-7-9-19)24(29)22(32-26)16-20-12-10-17(2)11-13-20/h5-16,21H,4H2,1-3H3/b15-14+,22-16-. The minimum Gasteiger partial charge on any atom is -0.463 e. The summed E-state index contributed by atoms with van der Waals surface area (Å²) < 4.78 is 7.45. The second kappa shape index (κ2) is 9.32. The third kappa shape index (κ3) is 4.41. The predicted octanol–water partition coefficient (Wildman–Crippen LogP) is 3.77. The molecule has 0 amide bonds. The molecule has 1 aromatic heterocycles. The number of benzene rings is 2. The van der Waals surface area contributed by atoms with Gasteiger partial charge in [-0.15, -0.1) is 0 Å². The van der Waals surface area contributed by atoms with Crippen LogP contribution in [0, 0.1) is 6.92 Å². The number of hydrogen-bond donors (Lipinski definition) is 0. The number of aryl methyl sites for hydroxylation is 1. The average molecular weight is 445 g/mol. The number of thiazole rings is 1. The first-order chi connectivity index (χ1) is 15.5. The Morgan fingerprint density at radius 2 is 1.81 bits per heavy atom. The molecule has 0 spiro atoms. The van der Waals surface area contributed by atoms with Crippen LogP contribution in [0.3, 0.4) is 0 Å². The molecule has 1 aliphatic rings.